The predicted molar refractivity (Wildman–Crippen MR) is 68.9 cm³/mol. The molecule has 7 heteroatoms. The zero-order valence-electron chi connectivity index (χ0n) is 10.7. The molecule has 2 unspecified atom stereocenters. The molecule has 2 heterocycles. The molecule has 0 amide bonds. The van der Waals surface area contributed by atoms with Crippen LogP contribution in [0.4, 0.5) is 0 Å². The molecule has 1 aromatic rings. The zero-order chi connectivity index (χ0) is 13.5. The van der Waals surface area contributed by atoms with Crippen LogP contribution in [0.2, 0.25) is 0 Å². The molecule has 2 fully saturated rings. The highest BCUT2D eigenvalue weighted by atomic mass is 32.2. The minimum Gasteiger partial charge on any atom is -0.390 e. The monoisotopic (exact) mass is 285 g/mol. The molecule has 0 bridgehead atoms. The van der Waals surface area contributed by atoms with Gasteiger partial charge in [0.05, 0.1) is 18.1 Å². The van der Waals surface area contributed by atoms with Crippen LogP contribution in [-0.4, -0.2) is 46.5 Å². The Kier molecular flexibility index (Phi) is 3.15. The van der Waals surface area contributed by atoms with E-state index in [0.717, 1.165) is 25.7 Å². The van der Waals surface area contributed by atoms with Gasteiger partial charge in [-0.25, -0.2) is 13.4 Å². The molecule has 1 aliphatic carbocycles. The predicted octanol–water partition coefficient (Wildman–Crippen LogP) is 0.725. The SMILES string of the molecule is O=S(=O)(c1cnc[nH]1)N1CCC2(O)CCCCC2C1. The number of imidazole rings is 1. The normalized spacial score (nSPS) is 33.0. The molecule has 2 N–H and O–H groups in total. The number of sulfonamides is 1. The van der Waals surface area contributed by atoms with Gasteiger partial charge in [-0.2, -0.15) is 4.31 Å². The van der Waals surface area contributed by atoms with Crippen LogP contribution in [0.5, 0.6) is 0 Å². The second-order valence-electron chi connectivity index (χ2n) is 5.58. The molecule has 19 heavy (non-hydrogen) atoms. The molecule has 106 valence electrons. The van der Waals surface area contributed by atoms with Gasteiger partial charge in [-0.05, 0) is 19.3 Å². The fraction of sp³-hybridized carbons (Fsp3) is 0.750. The first-order valence-corrected chi connectivity index (χ1v) is 8.17. The summed E-state index contributed by atoms with van der Waals surface area (Å²) >= 11 is 0. The van der Waals surface area contributed by atoms with E-state index in [4.69, 9.17) is 0 Å². The molecule has 3 rings (SSSR count). The summed E-state index contributed by atoms with van der Waals surface area (Å²) in [6, 6.07) is 0. The number of nitrogens with zero attached hydrogens (tertiary/aromatic N) is 2. The Morgan fingerprint density at radius 1 is 1.42 bits per heavy atom. The van der Waals surface area contributed by atoms with Gasteiger partial charge in [-0.15, -0.1) is 0 Å². The van der Waals surface area contributed by atoms with E-state index in [9.17, 15) is 13.5 Å². The van der Waals surface area contributed by atoms with Crippen LogP contribution < -0.4 is 0 Å². The Labute approximate surface area is 112 Å². The van der Waals surface area contributed by atoms with Gasteiger partial charge in [0.25, 0.3) is 10.0 Å². The smallest absolute Gasteiger partial charge is 0.260 e. The average molecular weight is 285 g/mol. The highest BCUT2D eigenvalue weighted by Crippen LogP contribution is 2.40. The summed E-state index contributed by atoms with van der Waals surface area (Å²) < 4.78 is 26.3. The Bertz CT molecular complexity index is 543. The maximum absolute atomic E-state index is 12.4. The lowest BCUT2D eigenvalue weighted by Crippen LogP contribution is -2.54. The number of hydrogen-bond donors (Lipinski definition) is 2. The topological polar surface area (TPSA) is 86.3 Å². The van der Waals surface area contributed by atoms with Gasteiger partial charge in [-0.3, -0.25) is 0 Å². The number of aliphatic hydroxyl groups is 1. The van der Waals surface area contributed by atoms with Crippen molar-refractivity contribution in [1.29, 1.82) is 0 Å². The van der Waals surface area contributed by atoms with E-state index in [0.29, 0.717) is 19.5 Å². The number of aromatic amines is 1. The van der Waals surface area contributed by atoms with Crippen LogP contribution in [-0.2, 0) is 10.0 Å². The molecule has 2 aliphatic rings. The van der Waals surface area contributed by atoms with Crippen LogP contribution in [0, 0.1) is 5.92 Å². The van der Waals surface area contributed by atoms with E-state index in [1.165, 1.54) is 16.8 Å². The number of hydrogen-bond acceptors (Lipinski definition) is 4. The fourth-order valence-corrected chi connectivity index (χ4v) is 4.66. The summed E-state index contributed by atoms with van der Waals surface area (Å²) in [6.07, 6.45) is 7.06. The van der Waals surface area contributed by atoms with E-state index in [-0.39, 0.29) is 10.9 Å². The van der Waals surface area contributed by atoms with Crippen molar-refractivity contribution < 1.29 is 13.5 Å². The van der Waals surface area contributed by atoms with Crippen LogP contribution >= 0.6 is 0 Å². The summed E-state index contributed by atoms with van der Waals surface area (Å²) in [5.41, 5.74) is -0.655. The van der Waals surface area contributed by atoms with Gasteiger partial charge in [0, 0.05) is 19.0 Å². The van der Waals surface area contributed by atoms with E-state index >= 15 is 0 Å². The van der Waals surface area contributed by atoms with Crippen LogP contribution in [0.15, 0.2) is 17.6 Å². The molecule has 0 aromatic carbocycles. The third-order valence-corrected chi connectivity index (χ3v) is 6.27. The third-order valence-electron chi connectivity index (χ3n) is 4.48. The second-order valence-corrected chi connectivity index (χ2v) is 7.48. The summed E-state index contributed by atoms with van der Waals surface area (Å²) in [5.74, 6) is 0.0627. The van der Waals surface area contributed by atoms with E-state index in [2.05, 4.69) is 9.97 Å². The van der Waals surface area contributed by atoms with Gasteiger partial charge in [0.15, 0.2) is 5.03 Å². The number of nitrogens with one attached hydrogen (secondary N) is 1. The zero-order valence-corrected chi connectivity index (χ0v) is 11.6. The Morgan fingerprint density at radius 2 is 2.26 bits per heavy atom. The Hall–Kier alpha value is -0.920. The van der Waals surface area contributed by atoms with Gasteiger partial charge in [0.1, 0.15) is 0 Å². The second kappa shape index (κ2) is 4.57. The highest BCUT2D eigenvalue weighted by molar-refractivity contribution is 7.89. The third kappa shape index (κ3) is 2.19. The van der Waals surface area contributed by atoms with Crippen LogP contribution in [0.1, 0.15) is 32.1 Å². The molecule has 2 atom stereocenters. The number of piperidine rings is 1. The summed E-state index contributed by atoms with van der Waals surface area (Å²) in [6.45, 7) is 0.798. The van der Waals surface area contributed by atoms with Crippen molar-refractivity contribution >= 4 is 10.0 Å². The Morgan fingerprint density at radius 3 is 3.00 bits per heavy atom. The molecule has 0 radical (unpaired) electrons. The highest BCUT2D eigenvalue weighted by Gasteiger charge is 2.45. The maximum Gasteiger partial charge on any atom is 0.260 e. The Balaban J connectivity index is 1.82. The van der Waals surface area contributed by atoms with Crippen molar-refractivity contribution in [2.75, 3.05) is 13.1 Å². The van der Waals surface area contributed by atoms with Crippen molar-refractivity contribution in [3.63, 3.8) is 0 Å². The van der Waals surface area contributed by atoms with Crippen molar-refractivity contribution in [2.24, 2.45) is 5.92 Å². The van der Waals surface area contributed by atoms with Crippen LogP contribution in [0.25, 0.3) is 0 Å². The van der Waals surface area contributed by atoms with Gasteiger partial charge >= 0.3 is 0 Å². The van der Waals surface area contributed by atoms with E-state index in [1.54, 1.807) is 0 Å². The van der Waals surface area contributed by atoms with Crippen molar-refractivity contribution in [1.82, 2.24) is 14.3 Å². The molecule has 1 aromatic heterocycles. The van der Waals surface area contributed by atoms with Gasteiger partial charge in [0.2, 0.25) is 0 Å². The summed E-state index contributed by atoms with van der Waals surface area (Å²) in [7, 11) is -3.49. The lowest BCUT2D eigenvalue weighted by Gasteiger charge is -2.46. The number of aromatic nitrogens is 2. The first-order valence-electron chi connectivity index (χ1n) is 6.73. The fourth-order valence-electron chi connectivity index (χ4n) is 3.28. The molecule has 1 saturated carbocycles. The molecular formula is C12H19N3O3S. The molecule has 1 saturated heterocycles. The molecule has 1 aliphatic heterocycles. The lowest BCUT2D eigenvalue weighted by molar-refractivity contribution is -0.0816. The molecular weight excluding hydrogens is 266 g/mol. The first-order chi connectivity index (χ1) is 9.02. The molecule has 0 spiro atoms. The van der Waals surface area contributed by atoms with Crippen LogP contribution in [0.3, 0.4) is 0 Å². The van der Waals surface area contributed by atoms with Crippen molar-refractivity contribution in [2.45, 2.75) is 42.7 Å². The lowest BCUT2D eigenvalue weighted by atomic mass is 9.72. The average Bonchev–Trinajstić information content (AvgIpc) is 2.92. The largest absolute Gasteiger partial charge is 0.390 e. The van der Waals surface area contributed by atoms with Crippen molar-refractivity contribution in [3.05, 3.63) is 12.5 Å². The minimum atomic E-state index is -3.49. The van der Waals surface area contributed by atoms with E-state index in [1.807, 2.05) is 0 Å². The maximum atomic E-state index is 12.4. The molecule has 6 nitrogen and oxygen atoms in total. The summed E-state index contributed by atoms with van der Waals surface area (Å²) in [5, 5.41) is 10.7. The van der Waals surface area contributed by atoms with E-state index < -0.39 is 15.6 Å². The van der Waals surface area contributed by atoms with Gasteiger partial charge in [-0.1, -0.05) is 12.8 Å². The number of rotatable bonds is 2. The minimum absolute atomic E-state index is 0.0627. The first kappa shape index (κ1) is 13.1. The quantitative estimate of drug-likeness (QED) is 0.838. The van der Waals surface area contributed by atoms with Crippen molar-refractivity contribution in [3.8, 4) is 0 Å². The number of H-pyrrole nitrogens is 1. The standard InChI is InChI=1S/C12H19N3O3S/c16-12-4-2-1-3-10(12)8-15(6-5-12)19(17,18)11-7-13-9-14-11/h7,9-10,16H,1-6,8H2,(H,13,14). The summed E-state index contributed by atoms with van der Waals surface area (Å²) in [4.78, 5) is 6.42. The van der Waals surface area contributed by atoms with Gasteiger partial charge < -0.3 is 10.1 Å². The number of fused-ring (bicyclic) bond motifs is 1.